The van der Waals surface area contributed by atoms with E-state index in [1.165, 1.54) is 212 Å². The second kappa shape index (κ2) is 69.2. The van der Waals surface area contributed by atoms with Crippen molar-refractivity contribution in [1.82, 2.24) is 0 Å². The van der Waals surface area contributed by atoms with Crippen LogP contribution in [0.15, 0.2) is 0 Å². The lowest BCUT2D eigenvalue weighted by molar-refractivity contribution is -0.161. The van der Waals surface area contributed by atoms with Crippen LogP contribution in [0.5, 0.6) is 0 Å². The van der Waals surface area contributed by atoms with Crippen molar-refractivity contribution in [2.24, 2.45) is 5.92 Å². The smallest absolute Gasteiger partial charge is 0.462 e. The van der Waals surface area contributed by atoms with Crippen LogP contribution in [0.4, 0.5) is 0 Å². The largest absolute Gasteiger partial charge is 0.472 e. The Bertz CT molecular complexity index is 1820. The van der Waals surface area contributed by atoms with Crippen LogP contribution in [0.2, 0.25) is 0 Å². The Hall–Kier alpha value is -1.94. The molecule has 0 spiro atoms. The predicted octanol–water partition coefficient (Wildman–Crippen LogP) is 22.5. The van der Waals surface area contributed by atoms with Crippen molar-refractivity contribution in [3.63, 3.8) is 0 Å². The molecule has 0 saturated heterocycles. The summed E-state index contributed by atoms with van der Waals surface area (Å²) in [6, 6.07) is 0. The molecule has 2 unspecified atom stereocenters. The molecule has 0 saturated carbocycles. The Balaban J connectivity index is 5.13. The van der Waals surface area contributed by atoms with Crippen LogP contribution in [-0.2, 0) is 65.4 Å². The first-order valence-electron chi connectivity index (χ1n) is 39.6. The number of carbonyl (C=O) groups excluding carboxylic acids is 4. The van der Waals surface area contributed by atoms with Gasteiger partial charge < -0.3 is 33.8 Å². The van der Waals surface area contributed by atoms with Crippen molar-refractivity contribution in [2.45, 2.75) is 419 Å². The number of phosphoric acid groups is 2. The Morgan fingerprint density at radius 2 is 0.484 bits per heavy atom. The van der Waals surface area contributed by atoms with Crippen LogP contribution in [0.25, 0.3) is 0 Å². The Labute approximate surface area is 581 Å². The van der Waals surface area contributed by atoms with Gasteiger partial charge in [-0.1, -0.05) is 349 Å². The van der Waals surface area contributed by atoms with Gasteiger partial charge in [-0.25, -0.2) is 9.13 Å². The quantitative estimate of drug-likeness (QED) is 0.0222. The number of ether oxygens (including phenoxy) is 4. The maximum Gasteiger partial charge on any atom is 0.472 e. The van der Waals surface area contributed by atoms with E-state index in [0.29, 0.717) is 25.7 Å². The molecule has 95 heavy (non-hydrogen) atoms. The van der Waals surface area contributed by atoms with Gasteiger partial charge in [0, 0.05) is 25.7 Å². The minimum Gasteiger partial charge on any atom is -0.462 e. The molecule has 0 aliphatic rings. The molecule has 0 aromatic rings. The number of rotatable bonds is 76. The maximum atomic E-state index is 13.1. The first kappa shape index (κ1) is 93.1. The van der Waals surface area contributed by atoms with E-state index in [-0.39, 0.29) is 25.7 Å². The van der Waals surface area contributed by atoms with Crippen LogP contribution in [-0.4, -0.2) is 96.7 Å². The Morgan fingerprint density at radius 1 is 0.284 bits per heavy atom. The standard InChI is InChI=1S/C76H148O17P2/c1-6-9-12-15-18-21-22-23-24-25-29-32-35-38-41-46-50-55-60-74(79)87-66-72(93-76(81)62-57-52-47-42-39-36-33-30-27-26-28-31-34-37-40-43-48-53-58-69(4)5)68-91-95(84,85)89-64-70(77)63-88-94(82,83)90-67-71(92-75(80)61-56-51-45-20-17-14-11-8-3)65-86-73(78)59-54-49-44-19-16-13-10-7-2/h69-72,77H,6-68H2,1-5H3,(H,82,83)(H,84,85)/t70-,71+,72+/m0/s1. The van der Waals surface area contributed by atoms with Crippen LogP contribution in [0, 0.1) is 5.92 Å². The number of aliphatic hydroxyl groups is 1. The van der Waals surface area contributed by atoms with Crippen molar-refractivity contribution in [1.29, 1.82) is 0 Å². The molecule has 0 aliphatic carbocycles. The molecule has 5 atom stereocenters. The molecule has 17 nitrogen and oxygen atoms in total. The number of phosphoric ester groups is 2. The molecule has 0 rings (SSSR count). The SMILES string of the molecule is CCCCCCCCCCCCCCCCCCCCC(=O)OC[C@H](COP(=O)(O)OC[C@@H](O)COP(=O)(O)OC[C@@H](COC(=O)CCCCCCCCCC)OC(=O)CCCCCCCCCC)OC(=O)CCCCCCCCCCCCCCCCCCCCC(C)C. The second-order valence-electron chi connectivity index (χ2n) is 27.9. The average molecular weight is 1400 g/mol. The molecular weight excluding hydrogens is 1250 g/mol. The normalized spacial score (nSPS) is 13.9. The summed E-state index contributed by atoms with van der Waals surface area (Å²) in [5.41, 5.74) is 0. The first-order valence-corrected chi connectivity index (χ1v) is 42.6. The first-order chi connectivity index (χ1) is 46.0. The minimum atomic E-state index is -4.96. The minimum absolute atomic E-state index is 0.105. The maximum absolute atomic E-state index is 13.1. The number of esters is 4. The fourth-order valence-corrected chi connectivity index (χ4v) is 13.3. The van der Waals surface area contributed by atoms with Gasteiger partial charge >= 0.3 is 39.5 Å². The highest BCUT2D eigenvalue weighted by Crippen LogP contribution is 2.45. The topological polar surface area (TPSA) is 237 Å². The molecule has 3 N–H and O–H groups in total. The van der Waals surface area contributed by atoms with Gasteiger partial charge in [-0.2, -0.15) is 0 Å². The molecule has 564 valence electrons. The summed E-state index contributed by atoms with van der Waals surface area (Å²) in [7, 11) is -9.90. The van der Waals surface area contributed by atoms with Crippen LogP contribution >= 0.6 is 15.6 Å². The summed E-state index contributed by atoms with van der Waals surface area (Å²) in [5.74, 6) is -1.30. The molecule has 0 amide bonds. The van der Waals surface area contributed by atoms with Gasteiger partial charge in [0.2, 0.25) is 0 Å². The van der Waals surface area contributed by atoms with E-state index >= 15 is 0 Å². The zero-order valence-corrected chi connectivity index (χ0v) is 63.6. The van der Waals surface area contributed by atoms with E-state index in [9.17, 15) is 43.2 Å². The number of aliphatic hydroxyl groups excluding tert-OH is 1. The molecule has 0 aromatic carbocycles. The third kappa shape index (κ3) is 70.3. The highest BCUT2D eigenvalue weighted by Gasteiger charge is 2.30. The zero-order chi connectivity index (χ0) is 69.8. The number of hydrogen-bond donors (Lipinski definition) is 3. The monoisotopic (exact) mass is 1400 g/mol. The number of unbranched alkanes of at least 4 members (excludes halogenated alkanes) is 48. The Kier molecular flexibility index (Phi) is 67.7. The lowest BCUT2D eigenvalue weighted by Crippen LogP contribution is -2.30. The summed E-state index contributed by atoms with van der Waals surface area (Å²) in [5, 5.41) is 10.6. The fraction of sp³-hybridized carbons (Fsp3) is 0.947. The van der Waals surface area contributed by atoms with Crippen molar-refractivity contribution >= 4 is 39.5 Å². The van der Waals surface area contributed by atoms with Crippen LogP contribution < -0.4 is 0 Å². The molecular formula is C76H148O17P2. The summed E-state index contributed by atoms with van der Waals surface area (Å²) >= 11 is 0. The lowest BCUT2D eigenvalue weighted by Gasteiger charge is -2.21. The van der Waals surface area contributed by atoms with E-state index < -0.39 is 97.5 Å². The van der Waals surface area contributed by atoms with Crippen molar-refractivity contribution in [3.05, 3.63) is 0 Å². The van der Waals surface area contributed by atoms with Gasteiger partial charge in [0.1, 0.15) is 19.3 Å². The highest BCUT2D eigenvalue weighted by atomic mass is 31.2. The zero-order valence-electron chi connectivity index (χ0n) is 61.8. The van der Waals surface area contributed by atoms with Gasteiger partial charge in [-0.3, -0.25) is 37.3 Å². The van der Waals surface area contributed by atoms with Gasteiger partial charge in [0.05, 0.1) is 26.4 Å². The number of hydrogen-bond acceptors (Lipinski definition) is 15. The van der Waals surface area contributed by atoms with Gasteiger partial charge in [0.15, 0.2) is 12.2 Å². The summed E-state index contributed by atoms with van der Waals surface area (Å²) < 4.78 is 68.3. The predicted molar refractivity (Wildman–Crippen MR) is 386 cm³/mol. The van der Waals surface area contributed by atoms with Crippen LogP contribution in [0.1, 0.15) is 401 Å². The fourth-order valence-electron chi connectivity index (χ4n) is 11.7. The van der Waals surface area contributed by atoms with E-state index in [1.807, 2.05) is 0 Å². The third-order valence-corrected chi connectivity index (χ3v) is 19.7. The molecule has 0 heterocycles. The second-order valence-corrected chi connectivity index (χ2v) is 30.8. The summed E-state index contributed by atoms with van der Waals surface area (Å²) in [6.07, 6.45) is 58.6. The number of carbonyl (C=O) groups is 4. The average Bonchev–Trinajstić information content (AvgIpc) is 2.53. The van der Waals surface area contributed by atoms with Gasteiger partial charge in [-0.15, -0.1) is 0 Å². The van der Waals surface area contributed by atoms with Crippen molar-refractivity contribution in [3.8, 4) is 0 Å². The van der Waals surface area contributed by atoms with Crippen molar-refractivity contribution < 1.29 is 80.2 Å². The van der Waals surface area contributed by atoms with E-state index in [0.717, 1.165) is 109 Å². The molecule has 19 heteroatoms. The van der Waals surface area contributed by atoms with E-state index in [4.69, 9.17) is 37.0 Å². The lowest BCUT2D eigenvalue weighted by atomic mass is 10.0. The van der Waals surface area contributed by atoms with Gasteiger partial charge in [0.25, 0.3) is 0 Å². The third-order valence-electron chi connectivity index (χ3n) is 17.8. The molecule has 0 aromatic heterocycles. The molecule has 0 aliphatic heterocycles. The van der Waals surface area contributed by atoms with Gasteiger partial charge in [-0.05, 0) is 31.6 Å². The molecule has 0 bridgehead atoms. The van der Waals surface area contributed by atoms with Crippen molar-refractivity contribution in [2.75, 3.05) is 39.6 Å². The Morgan fingerprint density at radius 3 is 0.716 bits per heavy atom. The highest BCUT2D eigenvalue weighted by molar-refractivity contribution is 7.47. The summed E-state index contributed by atoms with van der Waals surface area (Å²) in [6.45, 7) is 7.27. The molecule has 0 radical (unpaired) electrons. The van der Waals surface area contributed by atoms with E-state index in [2.05, 4.69) is 34.6 Å². The molecule has 0 fully saturated rings. The summed E-state index contributed by atoms with van der Waals surface area (Å²) in [4.78, 5) is 72.6. The van der Waals surface area contributed by atoms with Crippen LogP contribution in [0.3, 0.4) is 0 Å². The van der Waals surface area contributed by atoms with E-state index in [1.54, 1.807) is 0 Å².